The van der Waals surface area contributed by atoms with Gasteiger partial charge in [-0.25, -0.2) is 4.79 Å². The normalized spacial score (nSPS) is 16.9. The van der Waals surface area contributed by atoms with Gasteiger partial charge in [0, 0.05) is 68.2 Å². The predicted octanol–water partition coefficient (Wildman–Crippen LogP) is 6.65. The number of hydrogen-bond donors (Lipinski definition) is 1. The van der Waals surface area contributed by atoms with Crippen LogP contribution in [0.4, 0.5) is 5.69 Å². The number of aryl methyl sites for hydroxylation is 7. The number of rotatable bonds is 1. The molecule has 0 aliphatic carbocycles. The van der Waals surface area contributed by atoms with Crippen LogP contribution in [-0.4, -0.2) is 62.3 Å². The van der Waals surface area contributed by atoms with E-state index in [-0.39, 0.29) is 5.97 Å². The van der Waals surface area contributed by atoms with Crippen LogP contribution >= 0.6 is 11.6 Å². The van der Waals surface area contributed by atoms with E-state index in [4.69, 9.17) is 31.3 Å². The second kappa shape index (κ2) is 13.5. The molecule has 5 aromatic rings. The molecule has 0 spiro atoms. The molecule has 0 atom stereocenters. The SMILES string of the molecule is COC(=O)c1c2c3ccc(Cl)c(c3n1C)-c1c(nn3c1CCCC3)CN(C)Cc1cc(n(C)n1)CCc1cc3c(c(c1)OCCC2)NCCC3. The van der Waals surface area contributed by atoms with E-state index in [9.17, 15) is 4.79 Å². The van der Waals surface area contributed by atoms with Crippen molar-refractivity contribution in [3.8, 4) is 16.9 Å². The Morgan fingerprint density at radius 1 is 0.940 bits per heavy atom. The number of esters is 1. The van der Waals surface area contributed by atoms with Gasteiger partial charge in [-0.15, -0.1) is 0 Å². The summed E-state index contributed by atoms with van der Waals surface area (Å²) in [5.74, 6) is 0.558. The molecule has 3 aliphatic heterocycles. The van der Waals surface area contributed by atoms with E-state index in [1.54, 1.807) is 0 Å². The fraction of sp³-hybridized carbons (Fsp3) is 0.462. The first-order valence-corrected chi connectivity index (χ1v) is 18.4. The Bertz CT molecular complexity index is 2110. The number of hydrogen-bond acceptors (Lipinski definition) is 7. The minimum Gasteiger partial charge on any atom is -0.491 e. The summed E-state index contributed by atoms with van der Waals surface area (Å²) in [6, 6.07) is 10.8. The van der Waals surface area contributed by atoms with Crippen molar-refractivity contribution >= 4 is 34.2 Å². The minimum absolute atomic E-state index is 0.353. The molecule has 1 N–H and O–H groups in total. The maximum atomic E-state index is 13.5. The van der Waals surface area contributed by atoms with Gasteiger partial charge in [0.2, 0.25) is 0 Å². The average Bonchev–Trinajstić information content (AvgIpc) is 3.74. The van der Waals surface area contributed by atoms with Gasteiger partial charge in [-0.1, -0.05) is 23.7 Å². The maximum absolute atomic E-state index is 13.5. The van der Waals surface area contributed by atoms with Crippen molar-refractivity contribution in [3.63, 3.8) is 0 Å². The molecule has 3 aromatic heterocycles. The second-order valence-electron chi connectivity index (χ2n) is 14.2. The summed E-state index contributed by atoms with van der Waals surface area (Å²) in [5, 5.41) is 15.4. The van der Waals surface area contributed by atoms with Gasteiger partial charge in [0.15, 0.2) is 0 Å². The molecule has 6 heterocycles. The summed E-state index contributed by atoms with van der Waals surface area (Å²) >= 11 is 7.20. The molecule has 0 fully saturated rings. The van der Waals surface area contributed by atoms with E-state index >= 15 is 0 Å². The third-order valence-corrected chi connectivity index (χ3v) is 11.1. The van der Waals surface area contributed by atoms with Crippen LogP contribution in [0.1, 0.15) is 75.6 Å². The number of ether oxygens (including phenoxy) is 2. The first-order chi connectivity index (χ1) is 24.3. The molecular weight excluding hydrogens is 650 g/mol. The zero-order chi connectivity index (χ0) is 34.5. The molecule has 0 saturated carbocycles. The Labute approximate surface area is 298 Å². The van der Waals surface area contributed by atoms with Crippen molar-refractivity contribution in [2.24, 2.45) is 14.1 Å². The summed E-state index contributed by atoms with van der Waals surface area (Å²) in [7, 11) is 7.58. The van der Waals surface area contributed by atoms with Gasteiger partial charge in [-0.3, -0.25) is 14.3 Å². The lowest BCUT2D eigenvalue weighted by Crippen LogP contribution is -2.18. The first-order valence-electron chi connectivity index (χ1n) is 18.0. The lowest BCUT2D eigenvalue weighted by atomic mass is 9.95. The topological polar surface area (TPSA) is 91.4 Å². The van der Waals surface area contributed by atoms with Gasteiger partial charge in [0.25, 0.3) is 0 Å². The maximum Gasteiger partial charge on any atom is 0.354 e. The number of methoxy groups -OCH3 is 1. The van der Waals surface area contributed by atoms with Gasteiger partial charge < -0.3 is 19.4 Å². The molecule has 0 amide bonds. The number of carbonyl (C=O) groups is 1. The number of nitrogens with zero attached hydrogens (tertiary/aromatic N) is 6. The molecule has 10 nitrogen and oxygen atoms in total. The van der Waals surface area contributed by atoms with Crippen molar-refractivity contribution in [2.75, 3.05) is 32.6 Å². The van der Waals surface area contributed by atoms with Gasteiger partial charge in [-0.2, -0.15) is 10.2 Å². The minimum atomic E-state index is -0.353. The van der Waals surface area contributed by atoms with E-state index in [1.165, 1.54) is 29.6 Å². The van der Waals surface area contributed by atoms with Gasteiger partial charge in [0.05, 0.1) is 41.3 Å². The summed E-state index contributed by atoms with van der Waals surface area (Å²) < 4.78 is 18.1. The van der Waals surface area contributed by atoms with Crippen molar-refractivity contribution < 1.29 is 14.3 Å². The molecule has 2 aromatic carbocycles. The summed E-state index contributed by atoms with van der Waals surface area (Å²) in [6.45, 7) is 3.68. The summed E-state index contributed by atoms with van der Waals surface area (Å²) in [5.41, 5.74) is 12.6. The number of aromatic nitrogens is 5. The zero-order valence-electron chi connectivity index (χ0n) is 29.6. The fourth-order valence-corrected chi connectivity index (χ4v) is 8.70. The smallest absolute Gasteiger partial charge is 0.354 e. The quantitative estimate of drug-likeness (QED) is 0.196. The van der Waals surface area contributed by atoms with E-state index < -0.39 is 0 Å². The lowest BCUT2D eigenvalue weighted by Gasteiger charge is -2.23. The van der Waals surface area contributed by atoms with Crippen LogP contribution in [0.15, 0.2) is 30.3 Å². The van der Waals surface area contributed by atoms with Crippen LogP contribution < -0.4 is 10.1 Å². The molecule has 0 saturated heterocycles. The summed E-state index contributed by atoms with van der Waals surface area (Å²) in [4.78, 5) is 15.8. The highest BCUT2D eigenvalue weighted by molar-refractivity contribution is 6.35. The Morgan fingerprint density at radius 3 is 2.68 bits per heavy atom. The molecule has 8 rings (SSSR count). The van der Waals surface area contributed by atoms with E-state index in [1.807, 2.05) is 29.4 Å². The number of benzene rings is 2. The fourth-order valence-electron chi connectivity index (χ4n) is 8.45. The standard InChI is InChI=1S/C39H46ClN7O3/c1-44-22-26-21-27(46(3)42-26)13-12-24-19-25-9-7-16-41-36(25)33(20-24)50-18-8-10-28-29-14-15-30(40)34(37(29)45(2)38(28)39(48)49-4)35-31(23-44)43-47-17-6-5-11-32(35)47/h14-15,19-21,41H,5-13,16-18,22-23H2,1-4H3. The van der Waals surface area contributed by atoms with Gasteiger partial charge >= 0.3 is 5.97 Å². The number of anilines is 1. The van der Waals surface area contributed by atoms with Gasteiger partial charge in [-0.05, 0) is 99.7 Å². The molecule has 3 aliphatic rings. The van der Waals surface area contributed by atoms with Crippen LogP contribution in [0, 0.1) is 0 Å². The average molecular weight is 696 g/mol. The highest BCUT2D eigenvalue weighted by Crippen LogP contribution is 2.43. The monoisotopic (exact) mass is 695 g/mol. The van der Waals surface area contributed by atoms with Crippen molar-refractivity contribution in [1.29, 1.82) is 0 Å². The number of carbonyl (C=O) groups excluding carboxylic acids is 1. The molecule has 0 unspecified atom stereocenters. The van der Waals surface area contributed by atoms with Gasteiger partial charge in [0.1, 0.15) is 11.4 Å². The second-order valence-corrected chi connectivity index (χ2v) is 14.6. The molecule has 262 valence electrons. The number of fused-ring (bicyclic) bond motifs is 10. The van der Waals surface area contributed by atoms with Crippen molar-refractivity contribution in [3.05, 3.63) is 80.5 Å². The highest BCUT2D eigenvalue weighted by Gasteiger charge is 2.30. The number of nitrogens with one attached hydrogen (secondary N) is 1. The Balaban J connectivity index is 1.28. The van der Waals surface area contributed by atoms with Crippen LogP contribution in [-0.2, 0) is 70.6 Å². The van der Waals surface area contributed by atoms with Crippen LogP contribution in [0.2, 0.25) is 5.02 Å². The predicted molar refractivity (Wildman–Crippen MR) is 196 cm³/mol. The third kappa shape index (κ3) is 5.86. The Morgan fingerprint density at radius 2 is 1.82 bits per heavy atom. The Kier molecular flexibility index (Phi) is 8.85. The highest BCUT2D eigenvalue weighted by atomic mass is 35.5. The molecule has 50 heavy (non-hydrogen) atoms. The summed E-state index contributed by atoms with van der Waals surface area (Å²) in [6.07, 6.45) is 8.48. The molecule has 0 radical (unpaired) electrons. The van der Waals surface area contributed by atoms with E-state index in [2.05, 4.69) is 46.2 Å². The van der Waals surface area contributed by atoms with E-state index in [0.717, 1.165) is 115 Å². The number of halogens is 1. The van der Waals surface area contributed by atoms with Crippen molar-refractivity contribution in [1.82, 2.24) is 29.0 Å². The van der Waals surface area contributed by atoms with E-state index in [0.29, 0.717) is 36.8 Å². The first kappa shape index (κ1) is 32.9. The van der Waals surface area contributed by atoms with Crippen LogP contribution in [0.5, 0.6) is 5.75 Å². The van der Waals surface area contributed by atoms with Crippen LogP contribution in [0.25, 0.3) is 22.0 Å². The molecule has 8 bridgehead atoms. The lowest BCUT2D eigenvalue weighted by molar-refractivity contribution is 0.0589. The molecule has 11 heteroatoms. The van der Waals surface area contributed by atoms with Crippen molar-refractivity contribution in [2.45, 2.75) is 77.4 Å². The Hall–Kier alpha value is -4.28. The third-order valence-electron chi connectivity index (χ3n) is 10.7. The zero-order valence-corrected chi connectivity index (χ0v) is 30.3. The van der Waals surface area contributed by atoms with Crippen LogP contribution in [0.3, 0.4) is 0 Å². The molecular formula is C39H46ClN7O3. The largest absolute Gasteiger partial charge is 0.491 e.